The maximum atomic E-state index is 11.0. The van der Waals surface area contributed by atoms with Crippen molar-refractivity contribution in [3.05, 3.63) is 39.8 Å². The lowest BCUT2D eigenvalue weighted by Gasteiger charge is -2.01. The average Bonchev–Trinajstić information content (AvgIpc) is 2.72. The standard InChI is InChI=1S/C11H11BrN2O3/c1-6-7(2)17-10(13-6)5-14-4-8(12)3-9(14)11(15)16/h3-4H,5H2,1-2H3,(H,15,16). The van der Waals surface area contributed by atoms with Gasteiger partial charge in [0.25, 0.3) is 0 Å². The van der Waals surface area contributed by atoms with Crippen LogP contribution >= 0.6 is 15.9 Å². The smallest absolute Gasteiger partial charge is 0.352 e. The summed E-state index contributed by atoms with van der Waals surface area (Å²) < 4.78 is 7.72. The minimum Gasteiger partial charge on any atom is -0.477 e. The quantitative estimate of drug-likeness (QED) is 0.946. The van der Waals surface area contributed by atoms with Crippen molar-refractivity contribution in [1.29, 1.82) is 0 Å². The molecule has 0 amide bonds. The molecule has 0 saturated heterocycles. The Labute approximate surface area is 106 Å². The number of oxazole rings is 1. The summed E-state index contributed by atoms with van der Waals surface area (Å²) in [4.78, 5) is 15.2. The van der Waals surface area contributed by atoms with Crippen molar-refractivity contribution in [3.63, 3.8) is 0 Å². The first-order valence-electron chi connectivity index (χ1n) is 4.99. The normalized spacial score (nSPS) is 10.8. The van der Waals surface area contributed by atoms with Gasteiger partial charge >= 0.3 is 5.97 Å². The molecule has 0 aliphatic carbocycles. The van der Waals surface area contributed by atoms with E-state index < -0.39 is 5.97 Å². The predicted octanol–water partition coefficient (Wildman–Crippen LogP) is 2.60. The molecule has 0 aliphatic rings. The first-order chi connectivity index (χ1) is 7.97. The Morgan fingerprint density at radius 3 is 2.82 bits per heavy atom. The van der Waals surface area contributed by atoms with Crippen molar-refractivity contribution in [3.8, 4) is 0 Å². The molecule has 0 unspecified atom stereocenters. The van der Waals surface area contributed by atoms with Crippen LogP contribution in [0.15, 0.2) is 21.2 Å². The number of carboxylic acids is 1. The van der Waals surface area contributed by atoms with Gasteiger partial charge in [-0.2, -0.15) is 0 Å². The molecule has 0 aliphatic heterocycles. The van der Waals surface area contributed by atoms with Crippen LogP contribution in [0.1, 0.15) is 27.8 Å². The maximum Gasteiger partial charge on any atom is 0.352 e. The fourth-order valence-electron chi connectivity index (χ4n) is 1.54. The Kier molecular flexibility index (Phi) is 3.06. The van der Waals surface area contributed by atoms with Crippen LogP contribution in [-0.4, -0.2) is 20.6 Å². The van der Waals surface area contributed by atoms with Gasteiger partial charge in [-0.25, -0.2) is 9.78 Å². The summed E-state index contributed by atoms with van der Waals surface area (Å²) in [5.74, 6) is 0.282. The number of carbonyl (C=O) groups is 1. The van der Waals surface area contributed by atoms with Gasteiger partial charge in [0.05, 0.1) is 12.2 Å². The Hall–Kier alpha value is -1.56. The van der Waals surface area contributed by atoms with E-state index in [1.807, 2.05) is 13.8 Å². The topological polar surface area (TPSA) is 68.3 Å². The third kappa shape index (κ3) is 2.41. The highest BCUT2D eigenvalue weighted by atomic mass is 79.9. The number of hydrogen-bond acceptors (Lipinski definition) is 3. The van der Waals surface area contributed by atoms with Gasteiger partial charge in [-0.3, -0.25) is 0 Å². The van der Waals surface area contributed by atoms with Crippen molar-refractivity contribution < 1.29 is 14.3 Å². The molecule has 0 aromatic carbocycles. The van der Waals surface area contributed by atoms with Crippen LogP contribution in [0.25, 0.3) is 0 Å². The molecule has 0 radical (unpaired) electrons. The van der Waals surface area contributed by atoms with Crippen LogP contribution in [0.2, 0.25) is 0 Å². The number of carboxylic acid groups (broad SMARTS) is 1. The van der Waals surface area contributed by atoms with E-state index in [0.717, 1.165) is 15.9 Å². The van der Waals surface area contributed by atoms with E-state index in [1.165, 1.54) is 0 Å². The van der Waals surface area contributed by atoms with Gasteiger partial charge in [0.15, 0.2) is 0 Å². The number of aromatic carboxylic acids is 1. The summed E-state index contributed by atoms with van der Waals surface area (Å²) >= 11 is 3.25. The number of nitrogens with zero attached hydrogens (tertiary/aromatic N) is 2. The molecular weight excluding hydrogens is 288 g/mol. The Morgan fingerprint density at radius 1 is 1.59 bits per heavy atom. The monoisotopic (exact) mass is 298 g/mol. The molecule has 0 spiro atoms. The van der Waals surface area contributed by atoms with Gasteiger partial charge in [-0.1, -0.05) is 0 Å². The molecule has 2 heterocycles. The highest BCUT2D eigenvalue weighted by Gasteiger charge is 2.14. The van der Waals surface area contributed by atoms with Crippen molar-refractivity contribution in [1.82, 2.24) is 9.55 Å². The third-order valence-corrected chi connectivity index (χ3v) is 2.89. The van der Waals surface area contributed by atoms with E-state index in [1.54, 1.807) is 16.8 Å². The lowest BCUT2D eigenvalue weighted by Crippen LogP contribution is -2.08. The number of rotatable bonds is 3. The third-order valence-electron chi connectivity index (χ3n) is 2.46. The van der Waals surface area contributed by atoms with Gasteiger partial charge in [0.2, 0.25) is 5.89 Å². The fraction of sp³-hybridized carbons (Fsp3) is 0.273. The zero-order valence-electron chi connectivity index (χ0n) is 9.40. The van der Waals surface area contributed by atoms with Crippen LogP contribution < -0.4 is 0 Å². The van der Waals surface area contributed by atoms with Crippen molar-refractivity contribution in [2.24, 2.45) is 0 Å². The molecular formula is C11H11BrN2O3. The maximum absolute atomic E-state index is 11.0. The molecule has 0 bridgehead atoms. The lowest BCUT2D eigenvalue weighted by molar-refractivity contribution is 0.0685. The second kappa shape index (κ2) is 4.37. The SMILES string of the molecule is Cc1nc(Cn2cc(Br)cc2C(=O)O)oc1C. The van der Waals surface area contributed by atoms with Gasteiger partial charge < -0.3 is 14.1 Å². The molecule has 0 fully saturated rings. The first kappa shape index (κ1) is 11.9. The summed E-state index contributed by atoms with van der Waals surface area (Å²) in [5.41, 5.74) is 1.02. The zero-order chi connectivity index (χ0) is 12.6. The van der Waals surface area contributed by atoms with Crippen LogP contribution in [0.4, 0.5) is 0 Å². The summed E-state index contributed by atoms with van der Waals surface area (Å²) in [6, 6.07) is 1.55. The average molecular weight is 299 g/mol. The van der Waals surface area contributed by atoms with E-state index in [-0.39, 0.29) is 5.69 Å². The first-order valence-corrected chi connectivity index (χ1v) is 5.78. The molecule has 5 nitrogen and oxygen atoms in total. The van der Waals surface area contributed by atoms with Crippen LogP contribution in [-0.2, 0) is 6.54 Å². The summed E-state index contributed by atoms with van der Waals surface area (Å²) in [5, 5.41) is 9.02. The molecule has 17 heavy (non-hydrogen) atoms. The highest BCUT2D eigenvalue weighted by Crippen LogP contribution is 2.17. The molecule has 1 N–H and O–H groups in total. The highest BCUT2D eigenvalue weighted by molar-refractivity contribution is 9.10. The fourth-order valence-corrected chi connectivity index (χ4v) is 2.00. The summed E-state index contributed by atoms with van der Waals surface area (Å²) in [7, 11) is 0. The largest absolute Gasteiger partial charge is 0.477 e. The number of halogens is 1. The molecule has 0 saturated carbocycles. The van der Waals surface area contributed by atoms with Crippen molar-refractivity contribution >= 4 is 21.9 Å². The van der Waals surface area contributed by atoms with E-state index in [9.17, 15) is 4.79 Å². The van der Waals surface area contributed by atoms with Crippen molar-refractivity contribution in [2.45, 2.75) is 20.4 Å². The van der Waals surface area contributed by atoms with Crippen LogP contribution in [0, 0.1) is 13.8 Å². The number of hydrogen-bond donors (Lipinski definition) is 1. The van der Waals surface area contributed by atoms with E-state index in [0.29, 0.717) is 12.4 Å². The Bertz CT molecular complexity index is 552. The van der Waals surface area contributed by atoms with E-state index >= 15 is 0 Å². The second-order valence-corrected chi connectivity index (χ2v) is 4.64. The zero-order valence-corrected chi connectivity index (χ0v) is 11.0. The van der Waals surface area contributed by atoms with E-state index in [4.69, 9.17) is 9.52 Å². The molecule has 2 rings (SSSR count). The minimum absolute atomic E-state index is 0.199. The predicted molar refractivity (Wildman–Crippen MR) is 64.2 cm³/mol. The van der Waals surface area contributed by atoms with Gasteiger partial charge in [-0.15, -0.1) is 0 Å². The van der Waals surface area contributed by atoms with Gasteiger partial charge in [0.1, 0.15) is 11.5 Å². The Morgan fingerprint density at radius 2 is 2.29 bits per heavy atom. The molecule has 0 atom stereocenters. The molecule has 2 aromatic rings. The van der Waals surface area contributed by atoms with Crippen molar-refractivity contribution in [2.75, 3.05) is 0 Å². The summed E-state index contributed by atoms with van der Waals surface area (Å²) in [6.45, 7) is 3.99. The van der Waals surface area contributed by atoms with Crippen LogP contribution in [0.5, 0.6) is 0 Å². The van der Waals surface area contributed by atoms with Gasteiger partial charge in [-0.05, 0) is 35.8 Å². The minimum atomic E-state index is -0.976. The Balaban J connectivity index is 2.32. The lowest BCUT2D eigenvalue weighted by atomic mass is 10.4. The van der Waals surface area contributed by atoms with E-state index in [2.05, 4.69) is 20.9 Å². The number of aryl methyl sites for hydroxylation is 2. The second-order valence-electron chi connectivity index (χ2n) is 3.73. The molecule has 90 valence electrons. The molecule has 6 heteroatoms. The van der Waals surface area contributed by atoms with Crippen LogP contribution in [0.3, 0.4) is 0 Å². The molecule has 2 aromatic heterocycles. The summed E-state index contributed by atoms with van der Waals surface area (Å²) in [6.07, 6.45) is 1.69. The number of aromatic nitrogens is 2. The van der Waals surface area contributed by atoms with Gasteiger partial charge in [0, 0.05) is 10.7 Å².